The molecule has 2 aromatic carbocycles. The summed E-state index contributed by atoms with van der Waals surface area (Å²) in [5, 5.41) is 19.2. The van der Waals surface area contributed by atoms with Crippen molar-refractivity contribution in [2.75, 3.05) is 6.54 Å². The monoisotopic (exact) mass is 392 g/mol. The Balaban J connectivity index is 2.21. The number of benzene rings is 2. The fourth-order valence-corrected chi connectivity index (χ4v) is 3.49. The highest BCUT2D eigenvalue weighted by Crippen LogP contribution is 2.34. The minimum absolute atomic E-state index is 0.0642. The SMILES string of the molecule is [B]c1ccc([C@H](C)N(CC[C@H](CC(C)(C)C#N)c2ccc(F)cc2)C(=O)O)cc1. The van der Waals surface area contributed by atoms with Gasteiger partial charge in [0.05, 0.1) is 17.5 Å². The molecule has 0 saturated heterocycles. The molecular formula is C23H26BFN2O2. The van der Waals surface area contributed by atoms with E-state index in [1.807, 2.05) is 32.9 Å². The fourth-order valence-electron chi connectivity index (χ4n) is 3.49. The van der Waals surface area contributed by atoms with Gasteiger partial charge >= 0.3 is 6.09 Å². The summed E-state index contributed by atoms with van der Waals surface area (Å²) < 4.78 is 13.3. The standard InChI is InChI=1S/C23H26BFN2O2/c1-16(17-4-8-20(24)9-5-17)27(22(28)29)13-12-19(14-23(2,3)15-26)18-6-10-21(25)11-7-18/h4-11,16,19H,12-14H2,1-3H3,(H,28,29)/t16-,19+/m0/s1. The van der Waals surface area contributed by atoms with Crippen LogP contribution in [0.25, 0.3) is 0 Å². The van der Waals surface area contributed by atoms with Gasteiger partial charge in [0.2, 0.25) is 0 Å². The summed E-state index contributed by atoms with van der Waals surface area (Å²) in [6.45, 7) is 5.85. The van der Waals surface area contributed by atoms with Gasteiger partial charge in [0, 0.05) is 6.54 Å². The Morgan fingerprint density at radius 2 is 1.72 bits per heavy atom. The third-order valence-corrected chi connectivity index (χ3v) is 5.25. The Morgan fingerprint density at radius 3 is 2.24 bits per heavy atom. The second kappa shape index (κ2) is 9.60. The Labute approximate surface area is 173 Å². The van der Waals surface area contributed by atoms with Crippen LogP contribution in [0.15, 0.2) is 48.5 Å². The second-order valence-electron chi connectivity index (χ2n) is 8.06. The van der Waals surface area contributed by atoms with Crippen molar-refractivity contribution < 1.29 is 14.3 Å². The van der Waals surface area contributed by atoms with Crippen LogP contribution in [0.1, 0.15) is 56.7 Å². The van der Waals surface area contributed by atoms with Gasteiger partial charge in [-0.1, -0.05) is 41.9 Å². The molecule has 2 radical (unpaired) electrons. The molecule has 0 heterocycles. The molecule has 2 atom stereocenters. The number of nitriles is 1. The molecule has 0 aliphatic rings. The summed E-state index contributed by atoms with van der Waals surface area (Å²) in [7, 11) is 5.73. The average molecular weight is 392 g/mol. The molecule has 0 aromatic heterocycles. The maximum absolute atomic E-state index is 13.3. The quantitative estimate of drug-likeness (QED) is 0.658. The molecule has 6 heteroatoms. The van der Waals surface area contributed by atoms with Gasteiger partial charge < -0.3 is 10.0 Å². The van der Waals surface area contributed by atoms with E-state index < -0.39 is 11.5 Å². The first-order chi connectivity index (χ1) is 13.6. The van der Waals surface area contributed by atoms with Crippen molar-refractivity contribution in [3.05, 3.63) is 65.5 Å². The zero-order chi connectivity index (χ0) is 21.6. The largest absolute Gasteiger partial charge is 0.465 e. The van der Waals surface area contributed by atoms with Gasteiger partial charge in [0.15, 0.2) is 0 Å². The first-order valence-electron chi connectivity index (χ1n) is 9.64. The van der Waals surface area contributed by atoms with E-state index in [1.54, 1.807) is 24.3 Å². The van der Waals surface area contributed by atoms with Gasteiger partial charge in [-0.05, 0) is 62.8 Å². The van der Waals surface area contributed by atoms with Crippen molar-refractivity contribution in [1.82, 2.24) is 4.90 Å². The maximum atomic E-state index is 13.3. The first-order valence-corrected chi connectivity index (χ1v) is 9.64. The van der Waals surface area contributed by atoms with Gasteiger partial charge in [-0.2, -0.15) is 5.26 Å². The van der Waals surface area contributed by atoms with E-state index in [4.69, 9.17) is 7.85 Å². The van der Waals surface area contributed by atoms with Crippen LogP contribution in [0.3, 0.4) is 0 Å². The lowest BCUT2D eigenvalue weighted by Crippen LogP contribution is -2.34. The molecule has 29 heavy (non-hydrogen) atoms. The maximum Gasteiger partial charge on any atom is 0.407 e. The van der Waals surface area contributed by atoms with E-state index in [1.165, 1.54) is 17.0 Å². The van der Waals surface area contributed by atoms with Crippen LogP contribution in [0.2, 0.25) is 0 Å². The van der Waals surface area contributed by atoms with Crippen molar-refractivity contribution in [2.24, 2.45) is 5.41 Å². The van der Waals surface area contributed by atoms with Crippen LogP contribution in [0, 0.1) is 22.6 Å². The first kappa shape index (κ1) is 22.5. The van der Waals surface area contributed by atoms with E-state index >= 15 is 0 Å². The van der Waals surface area contributed by atoms with Crippen molar-refractivity contribution in [3.63, 3.8) is 0 Å². The van der Waals surface area contributed by atoms with E-state index in [0.29, 0.717) is 24.8 Å². The molecule has 0 saturated carbocycles. The molecular weight excluding hydrogens is 366 g/mol. The van der Waals surface area contributed by atoms with Crippen LogP contribution in [-0.4, -0.2) is 30.5 Å². The van der Waals surface area contributed by atoms with Gasteiger partial charge in [-0.3, -0.25) is 0 Å². The highest BCUT2D eigenvalue weighted by atomic mass is 19.1. The molecule has 150 valence electrons. The topological polar surface area (TPSA) is 64.3 Å². The minimum Gasteiger partial charge on any atom is -0.465 e. The Hall–Kier alpha value is -2.81. The lowest BCUT2D eigenvalue weighted by atomic mass is 9.79. The Bertz CT molecular complexity index is 860. The predicted octanol–water partition coefficient (Wildman–Crippen LogP) is 4.77. The van der Waals surface area contributed by atoms with Crippen molar-refractivity contribution >= 4 is 19.4 Å². The number of carbonyl (C=O) groups is 1. The smallest absolute Gasteiger partial charge is 0.407 e. The van der Waals surface area contributed by atoms with E-state index in [-0.39, 0.29) is 17.8 Å². The van der Waals surface area contributed by atoms with Gasteiger partial charge in [0.25, 0.3) is 0 Å². The average Bonchev–Trinajstić information content (AvgIpc) is 2.68. The summed E-state index contributed by atoms with van der Waals surface area (Å²) in [4.78, 5) is 13.3. The highest BCUT2D eigenvalue weighted by Gasteiger charge is 2.27. The molecule has 1 N–H and O–H groups in total. The second-order valence-corrected chi connectivity index (χ2v) is 8.06. The number of hydrogen-bond acceptors (Lipinski definition) is 2. The van der Waals surface area contributed by atoms with Crippen LogP contribution in [-0.2, 0) is 0 Å². The molecule has 0 aliphatic carbocycles. The fraction of sp³-hybridized carbons (Fsp3) is 0.391. The van der Waals surface area contributed by atoms with E-state index in [0.717, 1.165) is 11.1 Å². The Kier molecular flexibility index (Phi) is 7.44. The zero-order valence-electron chi connectivity index (χ0n) is 17.1. The van der Waals surface area contributed by atoms with Gasteiger partial charge in [0.1, 0.15) is 13.7 Å². The lowest BCUT2D eigenvalue weighted by molar-refractivity contribution is 0.125. The van der Waals surface area contributed by atoms with Crippen molar-refractivity contribution in [2.45, 2.75) is 45.6 Å². The number of rotatable bonds is 8. The summed E-state index contributed by atoms with van der Waals surface area (Å²) >= 11 is 0. The molecule has 4 nitrogen and oxygen atoms in total. The highest BCUT2D eigenvalue weighted by molar-refractivity contribution is 6.32. The molecule has 0 bridgehead atoms. The summed E-state index contributed by atoms with van der Waals surface area (Å²) in [6.07, 6.45) is 0.0769. The lowest BCUT2D eigenvalue weighted by Gasteiger charge is -2.30. The molecule has 0 aliphatic heterocycles. The number of halogens is 1. The summed E-state index contributed by atoms with van der Waals surface area (Å²) in [5.74, 6) is -0.387. The van der Waals surface area contributed by atoms with Crippen molar-refractivity contribution in [1.29, 1.82) is 5.26 Å². The van der Waals surface area contributed by atoms with Crippen molar-refractivity contribution in [3.8, 4) is 6.07 Å². The van der Waals surface area contributed by atoms with Crippen LogP contribution in [0.5, 0.6) is 0 Å². The number of amides is 1. The van der Waals surface area contributed by atoms with Gasteiger partial charge in [-0.15, -0.1) is 0 Å². The third kappa shape index (κ3) is 6.35. The molecule has 2 rings (SSSR count). The molecule has 0 fully saturated rings. The van der Waals surface area contributed by atoms with Crippen LogP contribution in [0.4, 0.5) is 9.18 Å². The predicted molar refractivity (Wildman–Crippen MR) is 113 cm³/mol. The normalized spacial score (nSPS) is 13.3. The van der Waals surface area contributed by atoms with E-state index in [2.05, 4.69) is 6.07 Å². The van der Waals surface area contributed by atoms with Gasteiger partial charge in [-0.25, -0.2) is 9.18 Å². The zero-order valence-corrected chi connectivity index (χ0v) is 17.1. The van der Waals surface area contributed by atoms with Crippen LogP contribution < -0.4 is 5.46 Å². The summed E-state index contributed by atoms with van der Waals surface area (Å²) in [5.41, 5.74) is 1.81. The molecule has 0 spiro atoms. The number of nitrogens with zero attached hydrogens (tertiary/aromatic N) is 2. The number of carboxylic acid groups (broad SMARTS) is 1. The third-order valence-electron chi connectivity index (χ3n) is 5.25. The van der Waals surface area contributed by atoms with Crippen LogP contribution >= 0.6 is 0 Å². The number of hydrogen-bond donors (Lipinski definition) is 1. The minimum atomic E-state index is -1.01. The molecule has 1 amide bonds. The summed E-state index contributed by atoms with van der Waals surface area (Å²) in [6, 6.07) is 15.3. The Morgan fingerprint density at radius 1 is 1.17 bits per heavy atom. The van der Waals surface area contributed by atoms with E-state index in [9.17, 15) is 19.6 Å². The molecule has 0 unspecified atom stereocenters. The molecule has 2 aromatic rings.